The van der Waals surface area contributed by atoms with Crippen LogP contribution >= 0.6 is 0 Å². The van der Waals surface area contributed by atoms with Gasteiger partial charge in [-0.1, -0.05) is 18.2 Å². The van der Waals surface area contributed by atoms with E-state index in [2.05, 4.69) is 10.6 Å². The molecule has 0 saturated heterocycles. The van der Waals surface area contributed by atoms with E-state index in [9.17, 15) is 19.1 Å². The van der Waals surface area contributed by atoms with Crippen LogP contribution in [0.15, 0.2) is 48.5 Å². The molecule has 0 heterocycles. The molecule has 0 aliphatic carbocycles. The molecule has 6 heteroatoms. The lowest BCUT2D eigenvalue weighted by molar-refractivity contribution is -0.114. The molecule has 0 aromatic heterocycles. The van der Waals surface area contributed by atoms with Crippen LogP contribution in [0.25, 0.3) is 0 Å². The predicted octanol–water partition coefficient (Wildman–Crippen LogP) is 2.42. The van der Waals surface area contributed by atoms with E-state index in [0.717, 1.165) is 0 Å². The molecule has 2 aromatic carbocycles. The number of rotatable bonds is 5. The molecule has 24 heavy (non-hydrogen) atoms. The van der Waals surface area contributed by atoms with Gasteiger partial charge in [0.1, 0.15) is 11.4 Å². The van der Waals surface area contributed by atoms with Crippen molar-refractivity contribution < 1.29 is 19.1 Å². The van der Waals surface area contributed by atoms with Gasteiger partial charge in [0.25, 0.3) is 5.91 Å². The summed E-state index contributed by atoms with van der Waals surface area (Å²) in [7, 11) is 0. The van der Waals surface area contributed by atoms with Crippen LogP contribution in [0, 0.1) is 5.82 Å². The topological polar surface area (TPSA) is 78.4 Å². The van der Waals surface area contributed by atoms with Crippen molar-refractivity contribution in [2.24, 2.45) is 0 Å². The first kappa shape index (κ1) is 17.6. The van der Waals surface area contributed by atoms with E-state index in [-0.39, 0.29) is 18.4 Å². The Morgan fingerprint density at radius 2 is 1.83 bits per heavy atom. The number of aliphatic hydroxyl groups is 1. The van der Waals surface area contributed by atoms with Crippen LogP contribution in [0.1, 0.15) is 29.8 Å². The third kappa shape index (κ3) is 4.63. The van der Waals surface area contributed by atoms with Gasteiger partial charge in [0, 0.05) is 18.2 Å². The zero-order valence-corrected chi connectivity index (χ0v) is 13.5. The summed E-state index contributed by atoms with van der Waals surface area (Å²) in [5.74, 6) is -1.01. The first-order valence-electron chi connectivity index (χ1n) is 7.42. The molecule has 0 aliphatic rings. The van der Waals surface area contributed by atoms with Gasteiger partial charge in [0.2, 0.25) is 5.91 Å². The number of carbonyl (C=O) groups excluding carboxylic acids is 2. The van der Waals surface area contributed by atoms with Gasteiger partial charge in [-0.05, 0) is 42.8 Å². The Labute approximate surface area is 139 Å². The lowest BCUT2D eigenvalue weighted by atomic mass is 9.96. The summed E-state index contributed by atoms with van der Waals surface area (Å²) in [5.41, 5.74) is 0.0336. The Bertz CT molecular complexity index is 742. The Balaban J connectivity index is 2.04. The highest BCUT2D eigenvalue weighted by Gasteiger charge is 2.24. The maximum Gasteiger partial charge on any atom is 0.251 e. The Morgan fingerprint density at radius 1 is 1.17 bits per heavy atom. The van der Waals surface area contributed by atoms with E-state index in [0.29, 0.717) is 16.8 Å². The normalized spacial score (nSPS) is 13.0. The van der Waals surface area contributed by atoms with Crippen molar-refractivity contribution in [3.8, 4) is 0 Å². The quantitative estimate of drug-likeness (QED) is 0.788. The zero-order chi connectivity index (χ0) is 17.7. The van der Waals surface area contributed by atoms with Crippen LogP contribution in [-0.4, -0.2) is 23.5 Å². The average molecular weight is 330 g/mol. The molecule has 2 rings (SSSR count). The molecule has 0 saturated carbocycles. The minimum atomic E-state index is -1.33. The summed E-state index contributed by atoms with van der Waals surface area (Å²) in [6, 6.07) is 11.9. The van der Waals surface area contributed by atoms with E-state index in [1.807, 2.05) is 0 Å². The third-order valence-corrected chi connectivity index (χ3v) is 3.50. The summed E-state index contributed by atoms with van der Waals surface area (Å²) in [6.45, 7) is 2.88. The van der Waals surface area contributed by atoms with Crippen molar-refractivity contribution in [2.75, 3.05) is 11.9 Å². The fraction of sp³-hybridized carbons (Fsp3) is 0.222. The summed E-state index contributed by atoms with van der Waals surface area (Å²) >= 11 is 0. The number of hydrogen-bond acceptors (Lipinski definition) is 3. The van der Waals surface area contributed by atoms with E-state index >= 15 is 0 Å². The number of anilines is 1. The van der Waals surface area contributed by atoms with Crippen LogP contribution in [0.5, 0.6) is 0 Å². The fourth-order valence-corrected chi connectivity index (χ4v) is 2.21. The van der Waals surface area contributed by atoms with Crippen molar-refractivity contribution in [3.63, 3.8) is 0 Å². The maximum atomic E-state index is 13.0. The van der Waals surface area contributed by atoms with Crippen LogP contribution in [-0.2, 0) is 10.4 Å². The van der Waals surface area contributed by atoms with Gasteiger partial charge in [0.05, 0.1) is 6.54 Å². The van der Waals surface area contributed by atoms with Crippen molar-refractivity contribution in [1.29, 1.82) is 0 Å². The second-order valence-electron chi connectivity index (χ2n) is 5.73. The summed E-state index contributed by atoms with van der Waals surface area (Å²) in [6.07, 6.45) is 0. The van der Waals surface area contributed by atoms with E-state index in [1.54, 1.807) is 24.3 Å². The SMILES string of the molecule is CC(=O)Nc1cccc(C(=O)NCC(C)(O)c2ccc(F)cc2)c1. The monoisotopic (exact) mass is 330 g/mol. The Kier molecular flexibility index (Phi) is 5.31. The molecule has 0 spiro atoms. The van der Waals surface area contributed by atoms with Crippen LogP contribution in [0.3, 0.4) is 0 Å². The van der Waals surface area contributed by atoms with Gasteiger partial charge in [0.15, 0.2) is 0 Å². The van der Waals surface area contributed by atoms with E-state index < -0.39 is 11.4 Å². The molecular weight excluding hydrogens is 311 g/mol. The average Bonchev–Trinajstić information content (AvgIpc) is 2.53. The minimum Gasteiger partial charge on any atom is -0.384 e. The zero-order valence-electron chi connectivity index (χ0n) is 13.5. The number of halogens is 1. The lowest BCUT2D eigenvalue weighted by Gasteiger charge is -2.24. The molecule has 2 amide bonds. The smallest absolute Gasteiger partial charge is 0.251 e. The number of nitrogens with one attached hydrogen (secondary N) is 2. The number of hydrogen-bond donors (Lipinski definition) is 3. The van der Waals surface area contributed by atoms with Gasteiger partial charge >= 0.3 is 0 Å². The summed E-state index contributed by atoms with van der Waals surface area (Å²) in [4.78, 5) is 23.3. The highest BCUT2D eigenvalue weighted by molar-refractivity contribution is 5.96. The molecule has 0 fully saturated rings. The van der Waals surface area contributed by atoms with Crippen LogP contribution in [0.2, 0.25) is 0 Å². The van der Waals surface area contributed by atoms with Crippen molar-refractivity contribution >= 4 is 17.5 Å². The molecule has 5 nitrogen and oxygen atoms in total. The maximum absolute atomic E-state index is 13.0. The molecule has 1 atom stereocenters. The van der Waals surface area contributed by atoms with E-state index in [4.69, 9.17) is 0 Å². The third-order valence-electron chi connectivity index (χ3n) is 3.50. The van der Waals surface area contributed by atoms with Crippen molar-refractivity contribution in [3.05, 3.63) is 65.5 Å². The van der Waals surface area contributed by atoms with Crippen molar-refractivity contribution in [2.45, 2.75) is 19.4 Å². The second-order valence-corrected chi connectivity index (χ2v) is 5.73. The highest BCUT2D eigenvalue weighted by Crippen LogP contribution is 2.20. The Hall–Kier alpha value is -2.73. The van der Waals surface area contributed by atoms with Gasteiger partial charge in [-0.15, -0.1) is 0 Å². The van der Waals surface area contributed by atoms with Gasteiger partial charge in [-0.3, -0.25) is 9.59 Å². The number of amides is 2. The first-order valence-corrected chi connectivity index (χ1v) is 7.42. The molecule has 126 valence electrons. The van der Waals surface area contributed by atoms with Crippen LogP contribution in [0.4, 0.5) is 10.1 Å². The van der Waals surface area contributed by atoms with Gasteiger partial charge in [-0.2, -0.15) is 0 Å². The van der Waals surface area contributed by atoms with E-state index in [1.165, 1.54) is 38.1 Å². The minimum absolute atomic E-state index is 0.0399. The van der Waals surface area contributed by atoms with Crippen LogP contribution < -0.4 is 10.6 Å². The molecule has 2 aromatic rings. The molecule has 0 aliphatic heterocycles. The highest BCUT2D eigenvalue weighted by atomic mass is 19.1. The Morgan fingerprint density at radius 3 is 2.46 bits per heavy atom. The molecule has 3 N–H and O–H groups in total. The lowest BCUT2D eigenvalue weighted by Crippen LogP contribution is -2.38. The standard InChI is InChI=1S/C18H19FN2O3/c1-12(22)21-16-5-3-4-13(10-16)17(23)20-11-18(2,24)14-6-8-15(19)9-7-14/h3-10,24H,11H2,1-2H3,(H,20,23)(H,21,22). The molecule has 0 radical (unpaired) electrons. The second kappa shape index (κ2) is 7.23. The van der Waals surface area contributed by atoms with Gasteiger partial charge < -0.3 is 15.7 Å². The van der Waals surface area contributed by atoms with Gasteiger partial charge in [-0.25, -0.2) is 4.39 Å². The largest absolute Gasteiger partial charge is 0.384 e. The summed E-state index contributed by atoms with van der Waals surface area (Å²) < 4.78 is 13.0. The van der Waals surface area contributed by atoms with Crippen molar-refractivity contribution in [1.82, 2.24) is 5.32 Å². The number of benzene rings is 2. The predicted molar refractivity (Wildman–Crippen MR) is 89.0 cm³/mol. The number of carbonyl (C=O) groups is 2. The molecular formula is C18H19FN2O3. The molecule has 1 unspecified atom stereocenters. The first-order chi connectivity index (χ1) is 11.3. The molecule has 0 bridgehead atoms. The fourth-order valence-electron chi connectivity index (χ4n) is 2.21. The summed E-state index contributed by atoms with van der Waals surface area (Å²) in [5, 5.41) is 15.7.